The van der Waals surface area contributed by atoms with Gasteiger partial charge in [0.1, 0.15) is 12.4 Å². The molecule has 1 N–H and O–H groups in total. The fraction of sp³-hybridized carbons (Fsp3) is 0.167. The quantitative estimate of drug-likeness (QED) is 0.340. The van der Waals surface area contributed by atoms with E-state index in [0.717, 1.165) is 10.4 Å². The van der Waals surface area contributed by atoms with Gasteiger partial charge in [-0.3, -0.25) is 4.79 Å². The Balaban J connectivity index is 1.74. The zero-order valence-electron chi connectivity index (χ0n) is 17.6. The molecule has 3 aromatic rings. The van der Waals surface area contributed by atoms with Crippen molar-refractivity contribution in [2.75, 3.05) is 18.4 Å². The summed E-state index contributed by atoms with van der Waals surface area (Å²) >= 11 is 13.5. The minimum Gasteiger partial charge on any atom is -0.332 e. The molecule has 33 heavy (non-hydrogen) atoms. The molecule has 3 amide bonds. The van der Waals surface area contributed by atoms with Crippen LogP contribution in [0.2, 0.25) is 10.0 Å². The second kappa shape index (κ2) is 11.8. The number of hydrogen-bond donors (Lipinski definition) is 1. The summed E-state index contributed by atoms with van der Waals surface area (Å²) in [5.41, 5.74) is 1.24. The molecule has 0 bridgehead atoms. The van der Waals surface area contributed by atoms with Crippen molar-refractivity contribution >= 4 is 52.2 Å². The van der Waals surface area contributed by atoms with E-state index in [1.165, 1.54) is 34.4 Å². The lowest BCUT2D eigenvalue weighted by Crippen LogP contribution is -2.44. The van der Waals surface area contributed by atoms with Gasteiger partial charge in [-0.25, -0.2) is 9.18 Å². The van der Waals surface area contributed by atoms with Gasteiger partial charge in [0.05, 0.1) is 16.6 Å². The number of carbonyl (C=O) groups excluding carboxylic acids is 2. The highest BCUT2D eigenvalue weighted by atomic mass is 35.5. The summed E-state index contributed by atoms with van der Waals surface area (Å²) in [4.78, 5) is 30.1. The van der Waals surface area contributed by atoms with Crippen molar-refractivity contribution in [3.8, 4) is 0 Å². The number of benzene rings is 2. The Kier molecular flexibility index (Phi) is 8.88. The lowest BCUT2D eigenvalue weighted by molar-refractivity contribution is -0.132. The van der Waals surface area contributed by atoms with Crippen LogP contribution in [0.1, 0.15) is 10.4 Å². The van der Waals surface area contributed by atoms with Crippen molar-refractivity contribution in [3.05, 3.63) is 98.9 Å². The van der Waals surface area contributed by atoms with E-state index in [-0.39, 0.29) is 31.4 Å². The second-order valence-corrected chi connectivity index (χ2v) is 9.03. The van der Waals surface area contributed by atoms with Crippen LogP contribution in [-0.4, -0.2) is 34.8 Å². The number of hydrogen-bond acceptors (Lipinski definition) is 3. The lowest BCUT2D eigenvalue weighted by atomic mass is 10.2. The molecule has 3 rings (SSSR count). The molecular weight excluding hydrogens is 484 g/mol. The fourth-order valence-electron chi connectivity index (χ4n) is 3.05. The molecule has 172 valence electrons. The number of thiophene rings is 1. The first kappa shape index (κ1) is 24.8. The molecule has 0 aliphatic carbocycles. The van der Waals surface area contributed by atoms with Crippen molar-refractivity contribution in [2.45, 2.75) is 13.1 Å². The minimum absolute atomic E-state index is 0.161. The Morgan fingerprint density at radius 3 is 2.42 bits per heavy atom. The molecular formula is C24H22Cl2FN3O2S. The van der Waals surface area contributed by atoms with E-state index in [1.807, 2.05) is 17.5 Å². The van der Waals surface area contributed by atoms with Crippen LogP contribution in [0.25, 0.3) is 0 Å². The zero-order valence-corrected chi connectivity index (χ0v) is 20.0. The van der Waals surface area contributed by atoms with Crippen LogP contribution >= 0.6 is 34.5 Å². The number of anilines is 1. The predicted molar refractivity (Wildman–Crippen MR) is 132 cm³/mol. The minimum atomic E-state index is -0.473. The maximum Gasteiger partial charge on any atom is 0.322 e. The maximum atomic E-state index is 13.3. The standard InChI is InChI=1S/C24H22Cl2FN3O2S/c1-2-11-29(24(32)28-19-9-10-21(25)22(26)13-19)16-23(31)30(15-20-4-3-12-33-20)14-17-5-7-18(27)8-6-17/h2-10,12-13H,1,11,14-16H2,(H,28,32). The van der Waals surface area contributed by atoms with Crippen molar-refractivity contribution in [2.24, 2.45) is 0 Å². The monoisotopic (exact) mass is 505 g/mol. The Labute approximate surface area is 206 Å². The number of carbonyl (C=O) groups is 2. The summed E-state index contributed by atoms with van der Waals surface area (Å²) < 4.78 is 13.3. The van der Waals surface area contributed by atoms with E-state index in [1.54, 1.807) is 35.2 Å². The van der Waals surface area contributed by atoms with Crippen LogP contribution in [-0.2, 0) is 17.9 Å². The molecule has 0 saturated carbocycles. The van der Waals surface area contributed by atoms with Crippen molar-refractivity contribution in [1.29, 1.82) is 0 Å². The smallest absolute Gasteiger partial charge is 0.322 e. The Morgan fingerprint density at radius 2 is 1.79 bits per heavy atom. The van der Waals surface area contributed by atoms with Crippen LogP contribution in [0.4, 0.5) is 14.9 Å². The topological polar surface area (TPSA) is 52.7 Å². The largest absolute Gasteiger partial charge is 0.332 e. The van der Waals surface area contributed by atoms with Crippen molar-refractivity contribution < 1.29 is 14.0 Å². The summed E-state index contributed by atoms with van der Waals surface area (Å²) in [6, 6.07) is 14.1. The van der Waals surface area contributed by atoms with E-state index < -0.39 is 6.03 Å². The normalized spacial score (nSPS) is 10.5. The Morgan fingerprint density at radius 1 is 1.03 bits per heavy atom. The number of rotatable bonds is 9. The average molecular weight is 506 g/mol. The molecule has 2 aromatic carbocycles. The average Bonchev–Trinajstić information content (AvgIpc) is 3.30. The van der Waals surface area contributed by atoms with Gasteiger partial charge >= 0.3 is 6.03 Å². The van der Waals surface area contributed by atoms with Crippen LogP contribution in [0.3, 0.4) is 0 Å². The fourth-order valence-corrected chi connectivity index (χ4v) is 4.07. The summed E-state index contributed by atoms with van der Waals surface area (Å²) in [7, 11) is 0. The summed E-state index contributed by atoms with van der Waals surface area (Å²) in [5.74, 6) is -0.593. The molecule has 0 saturated heterocycles. The van der Waals surface area contributed by atoms with Crippen molar-refractivity contribution in [3.63, 3.8) is 0 Å². The molecule has 1 heterocycles. The molecule has 0 fully saturated rings. The zero-order chi connectivity index (χ0) is 23.8. The van der Waals surface area contributed by atoms with Crippen LogP contribution in [0, 0.1) is 5.82 Å². The van der Waals surface area contributed by atoms with Gasteiger partial charge in [-0.15, -0.1) is 17.9 Å². The Hall–Kier alpha value is -2.87. The van der Waals surface area contributed by atoms with E-state index in [0.29, 0.717) is 22.3 Å². The highest BCUT2D eigenvalue weighted by Crippen LogP contribution is 2.25. The molecule has 0 atom stereocenters. The molecule has 0 aliphatic rings. The van der Waals surface area contributed by atoms with E-state index in [2.05, 4.69) is 11.9 Å². The van der Waals surface area contributed by atoms with Crippen LogP contribution in [0.15, 0.2) is 72.6 Å². The summed E-state index contributed by atoms with van der Waals surface area (Å²) in [5, 5.41) is 5.34. The van der Waals surface area contributed by atoms with Gasteiger partial charge in [0, 0.05) is 23.7 Å². The number of nitrogens with one attached hydrogen (secondary N) is 1. The summed E-state index contributed by atoms with van der Waals surface area (Å²) in [6.07, 6.45) is 1.55. The molecule has 0 radical (unpaired) electrons. The first-order valence-corrected chi connectivity index (χ1v) is 11.7. The lowest BCUT2D eigenvalue weighted by Gasteiger charge is -2.27. The van der Waals surface area contributed by atoms with Gasteiger partial charge in [-0.2, -0.15) is 0 Å². The Bertz CT molecular complexity index is 1110. The molecule has 9 heteroatoms. The van der Waals surface area contributed by atoms with E-state index in [9.17, 15) is 14.0 Å². The third-order valence-electron chi connectivity index (χ3n) is 4.70. The van der Waals surface area contributed by atoms with Gasteiger partial charge in [-0.05, 0) is 47.3 Å². The van der Waals surface area contributed by atoms with E-state index in [4.69, 9.17) is 23.2 Å². The number of nitrogens with zero attached hydrogens (tertiary/aromatic N) is 2. The van der Waals surface area contributed by atoms with Crippen LogP contribution in [0.5, 0.6) is 0 Å². The number of urea groups is 1. The predicted octanol–water partition coefficient (Wildman–Crippen LogP) is 6.44. The first-order chi connectivity index (χ1) is 15.9. The van der Waals surface area contributed by atoms with Gasteiger partial charge in [0.15, 0.2) is 0 Å². The highest BCUT2D eigenvalue weighted by molar-refractivity contribution is 7.09. The van der Waals surface area contributed by atoms with Gasteiger partial charge in [-0.1, -0.05) is 47.5 Å². The summed E-state index contributed by atoms with van der Waals surface area (Å²) in [6.45, 7) is 4.36. The molecule has 0 spiro atoms. The van der Waals surface area contributed by atoms with Crippen LogP contribution < -0.4 is 5.32 Å². The third-order valence-corrected chi connectivity index (χ3v) is 6.30. The molecule has 5 nitrogen and oxygen atoms in total. The molecule has 0 unspecified atom stereocenters. The van der Waals surface area contributed by atoms with Gasteiger partial charge < -0.3 is 15.1 Å². The molecule has 0 aliphatic heterocycles. The van der Waals surface area contributed by atoms with Crippen molar-refractivity contribution in [1.82, 2.24) is 9.80 Å². The SMILES string of the molecule is C=CCN(CC(=O)N(Cc1ccc(F)cc1)Cc1cccs1)C(=O)Nc1ccc(Cl)c(Cl)c1. The van der Waals surface area contributed by atoms with Gasteiger partial charge in [0.2, 0.25) is 5.91 Å². The maximum absolute atomic E-state index is 13.3. The highest BCUT2D eigenvalue weighted by Gasteiger charge is 2.22. The number of amides is 3. The second-order valence-electron chi connectivity index (χ2n) is 7.18. The molecule has 1 aromatic heterocycles. The first-order valence-electron chi connectivity index (χ1n) is 10.0. The number of halogens is 3. The van der Waals surface area contributed by atoms with E-state index >= 15 is 0 Å². The van der Waals surface area contributed by atoms with Gasteiger partial charge in [0.25, 0.3) is 0 Å². The third kappa shape index (κ3) is 7.32.